The minimum Gasteiger partial charge on any atom is -0.512 e. The molecule has 0 radical (unpaired) electrons. The van der Waals surface area contributed by atoms with Crippen LogP contribution in [0.1, 0.15) is 38.4 Å². The molecule has 1 aliphatic heterocycles. The van der Waals surface area contributed by atoms with Crippen LogP contribution < -0.4 is 0 Å². The fraction of sp³-hybridized carbons (Fsp3) is 0.429. The molecule has 1 saturated heterocycles. The van der Waals surface area contributed by atoms with Gasteiger partial charge in [0, 0.05) is 28.4 Å². The fourth-order valence-corrected chi connectivity index (χ4v) is 5.13. The van der Waals surface area contributed by atoms with Gasteiger partial charge in [0.2, 0.25) is 0 Å². The second kappa shape index (κ2) is 5.87. The van der Waals surface area contributed by atoms with Crippen molar-refractivity contribution in [2.24, 2.45) is 16.7 Å². The summed E-state index contributed by atoms with van der Waals surface area (Å²) in [7, 11) is 1.35. The zero-order valence-electron chi connectivity index (χ0n) is 15.5. The van der Waals surface area contributed by atoms with E-state index in [2.05, 4.69) is 0 Å². The number of carbonyl (C=O) groups is 2. The Labute approximate surface area is 157 Å². The predicted molar refractivity (Wildman–Crippen MR) is 95.4 cm³/mol. The van der Waals surface area contributed by atoms with E-state index < -0.39 is 28.9 Å². The molecule has 1 N–H and O–H groups in total. The monoisotopic (exact) mass is 370 g/mol. The molecule has 1 aromatic heterocycles. The van der Waals surface area contributed by atoms with Crippen LogP contribution in [0.15, 0.2) is 58.1 Å². The van der Waals surface area contributed by atoms with Gasteiger partial charge in [0.15, 0.2) is 0 Å². The zero-order chi connectivity index (χ0) is 19.4. The number of ether oxygens (including phenoxy) is 2. The molecule has 2 aliphatic carbocycles. The van der Waals surface area contributed by atoms with Crippen LogP contribution in [0, 0.1) is 16.7 Å². The van der Waals surface area contributed by atoms with E-state index in [0.29, 0.717) is 17.6 Å². The van der Waals surface area contributed by atoms with Crippen LogP contribution in [0.5, 0.6) is 0 Å². The second-order valence-electron chi connectivity index (χ2n) is 7.92. The molecule has 0 bridgehead atoms. The van der Waals surface area contributed by atoms with E-state index in [-0.39, 0.29) is 18.1 Å². The summed E-state index contributed by atoms with van der Waals surface area (Å²) in [5.74, 6) is -1.12. The Morgan fingerprint density at radius 2 is 2.11 bits per heavy atom. The topological polar surface area (TPSA) is 86.0 Å². The number of aliphatic hydroxyl groups excluding tert-OH is 1. The van der Waals surface area contributed by atoms with Crippen LogP contribution >= 0.6 is 0 Å². The third kappa shape index (κ3) is 2.39. The number of cyclic esters (lactones) is 1. The van der Waals surface area contributed by atoms with Gasteiger partial charge in [-0.3, -0.25) is 0 Å². The number of furan rings is 1. The Hall–Kier alpha value is -2.76. The lowest BCUT2D eigenvalue weighted by Crippen LogP contribution is -2.52. The Morgan fingerprint density at radius 1 is 1.33 bits per heavy atom. The van der Waals surface area contributed by atoms with Crippen molar-refractivity contribution in [2.75, 3.05) is 7.11 Å². The number of hydrogen-bond acceptors (Lipinski definition) is 6. The number of aliphatic hydroxyl groups is 1. The molecular formula is C21H22O6. The summed E-state index contributed by atoms with van der Waals surface area (Å²) >= 11 is 0. The SMILES string of the molecule is COC(=O)C1=CC=C[C@@H]2[C@@]1(C)CC(O)=C1C(=O)O[C@H](c3ccoc3)C[C@]12C. The summed E-state index contributed by atoms with van der Waals surface area (Å²) in [6.07, 6.45) is 8.88. The van der Waals surface area contributed by atoms with Gasteiger partial charge in [-0.15, -0.1) is 0 Å². The van der Waals surface area contributed by atoms with Gasteiger partial charge in [0.05, 0.1) is 25.2 Å². The highest BCUT2D eigenvalue weighted by molar-refractivity contribution is 5.94. The van der Waals surface area contributed by atoms with Crippen LogP contribution in [-0.4, -0.2) is 24.2 Å². The molecule has 0 spiro atoms. The van der Waals surface area contributed by atoms with Gasteiger partial charge < -0.3 is 19.0 Å². The smallest absolute Gasteiger partial charge is 0.338 e. The third-order valence-corrected chi connectivity index (χ3v) is 6.33. The van der Waals surface area contributed by atoms with Gasteiger partial charge in [-0.05, 0) is 18.4 Å². The lowest BCUT2D eigenvalue weighted by atomic mass is 9.50. The molecule has 4 atom stereocenters. The normalized spacial score (nSPS) is 35.1. The Kier molecular flexibility index (Phi) is 3.84. The molecule has 2 heterocycles. The van der Waals surface area contributed by atoms with Crippen molar-refractivity contribution >= 4 is 11.9 Å². The quantitative estimate of drug-likeness (QED) is 0.798. The minimum atomic E-state index is -0.696. The zero-order valence-corrected chi connectivity index (χ0v) is 15.5. The van der Waals surface area contributed by atoms with Gasteiger partial charge in [-0.1, -0.05) is 32.1 Å². The van der Waals surface area contributed by atoms with E-state index in [0.717, 1.165) is 5.56 Å². The number of rotatable bonds is 2. The number of esters is 2. The Bertz CT molecular complexity index is 890. The molecular weight excluding hydrogens is 348 g/mol. The summed E-state index contributed by atoms with van der Waals surface area (Å²) in [6.45, 7) is 3.90. The van der Waals surface area contributed by atoms with Gasteiger partial charge in [0.25, 0.3) is 0 Å². The predicted octanol–water partition coefficient (Wildman–Crippen LogP) is 3.78. The molecule has 1 aromatic rings. The van der Waals surface area contributed by atoms with Crippen molar-refractivity contribution in [2.45, 2.75) is 32.8 Å². The van der Waals surface area contributed by atoms with E-state index in [1.165, 1.54) is 13.4 Å². The van der Waals surface area contributed by atoms with Crippen molar-refractivity contribution in [3.63, 3.8) is 0 Å². The summed E-state index contributed by atoms with van der Waals surface area (Å²) in [5, 5.41) is 10.8. The van der Waals surface area contributed by atoms with Crippen LogP contribution in [0.4, 0.5) is 0 Å². The summed E-state index contributed by atoms with van der Waals surface area (Å²) in [4.78, 5) is 25.2. The van der Waals surface area contributed by atoms with E-state index >= 15 is 0 Å². The first-order valence-electron chi connectivity index (χ1n) is 8.94. The first kappa shape index (κ1) is 17.6. The summed E-state index contributed by atoms with van der Waals surface area (Å²) in [6, 6.07) is 1.77. The standard InChI is InChI=1S/C21H22O6/c1-20-9-14(22)17-19(24)27-15(12-7-8-26-11-12)10-21(17,2)16(20)6-4-5-13(20)18(23)25-3/h4-8,11,15-16,22H,9-10H2,1-3H3/t15-,16+,20-,21-/m0/s1. The lowest BCUT2D eigenvalue weighted by molar-refractivity contribution is -0.157. The maximum Gasteiger partial charge on any atom is 0.338 e. The molecule has 6 heteroatoms. The van der Waals surface area contributed by atoms with E-state index in [9.17, 15) is 14.7 Å². The number of fused-ring (bicyclic) bond motifs is 3. The molecule has 142 valence electrons. The van der Waals surface area contributed by atoms with Crippen LogP contribution in [0.2, 0.25) is 0 Å². The molecule has 3 aliphatic rings. The second-order valence-corrected chi connectivity index (χ2v) is 7.92. The highest BCUT2D eigenvalue weighted by Crippen LogP contribution is 2.62. The van der Waals surface area contributed by atoms with E-state index in [4.69, 9.17) is 13.9 Å². The first-order valence-corrected chi connectivity index (χ1v) is 8.94. The average molecular weight is 370 g/mol. The Balaban J connectivity index is 1.84. The number of methoxy groups -OCH3 is 1. The number of carbonyl (C=O) groups excluding carboxylic acids is 2. The van der Waals surface area contributed by atoms with Crippen LogP contribution in [0.3, 0.4) is 0 Å². The average Bonchev–Trinajstić information content (AvgIpc) is 3.14. The number of allylic oxidation sites excluding steroid dienone is 4. The molecule has 1 fully saturated rings. The van der Waals surface area contributed by atoms with Crippen molar-refractivity contribution in [3.8, 4) is 0 Å². The van der Waals surface area contributed by atoms with Crippen molar-refractivity contribution in [1.29, 1.82) is 0 Å². The first-order chi connectivity index (χ1) is 12.8. The van der Waals surface area contributed by atoms with Crippen molar-refractivity contribution < 1.29 is 28.6 Å². The van der Waals surface area contributed by atoms with E-state index in [1.807, 2.05) is 26.0 Å². The van der Waals surface area contributed by atoms with Crippen molar-refractivity contribution in [1.82, 2.24) is 0 Å². The molecule has 0 saturated carbocycles. The van der Waals surface area contributed by atoms with Gasteiger partial charge in [-0.2, -0.15) is 0 Å². The Morgan fingerprint density at radius 3 is 2.78 bits per heavy atom. The fourth-order valence-electron chi connectivity index (χ4n) is 5.13. The third-order valence-electron chi connectivity index (χ3n) is 6.33. The van der Waals surface area contributed by atoms with Gasteiger partial charge in [-0.25, -0.2) is 9.59 Å². The molecule has 27 heavy (non-hydrogen) atoms. The highest BCUT2D eigenvalue weighted by Gasteiger charge is 2.60. The van der Waals surface area contributed by atoms with Gasteiger partial charge >= 0.3 is 11.9 Å². The maximum absolute atomic E-state index is 12.8. The molecule has 6 nitrogen and oxygen atoms in total. The molecule has 0 aromatic carbocycles. The summed E-state index contributed by atoms with van der Waals surface area (Å²) in [5.41, 5.74) is 0.212. The van der Waals surface area contributed by atoms with Crippen LogP contribution in [0.25, 0.3) is 0 Å². The van der Waals surface area contributed by atoms with Crippen LogP contribution in [-0.2, 0) is 19.1 Å². The molecule has 0 unspecified atom stereocenters. The van der Waals surface area contributed by atoms with Crippen molar-refractivity contribution in [3.05, 3.63) is 59.3 Å². The molecule has 4 rings (SSSR count). The van der Waals surface area contributed by atoms with E-state index in [1.54, 1.807) is 18.4 Å². The molecule has 0 amide bonds. The van der Waals surface area contributed by atoms with Gasteiger partial charge in [0.1, 0.15) is 11.9 Å². The number of hydrogen-bond donors (Lipinski definition) is 1. The highest BCUT2D eigenvalue weighted by atomic mass is 16.5. The minimum absolute atomic E-state index is 0.0167. The maximum atomic E-state index is 12.8. The largest absolute Gasteiger partial charge is 0.512 e. The summed E-state index contributed by atoms with van der Waals surface area (Å²) < 4.78 is 15.7. The lowest BCUT2D eigenvalue weighted by Gasteiger charge is -2.54.